The lowest BCUT2D eigenvalue weighted by molar-refractivity contribution is -0.133. The van der Waals surface area contributed by atoms with Gasteiger partial charge in [0.1, 0.15) is 11.4 Å². The van der Waals surface area contributed by atoms with Crippen molar-refractivity contribution in [2.24, 2.45) is 0 Å². The van der Waals surface area contributed by atoms with Gasteiger partial charge >= 0.3 is 0 Å². The zero-order chi connectivity index (χ0) is 23.5. The maximum Gasteiger partial charge on any atom is 0.255 e. The topological polar surface area (TPSA) is 102 Å². The summed E-state index contributed by atoms with van der Waals surface area (Å²) in [7, 11) is 0. The Morgan fingerprint density at radius 3 is 2.38 bits per heavy atom. The zero-order valence-electron chi connectivity index (χ0n) is 18.9. The van der Waals surface area contributed by atoms with Gasteiger partial charge in [-0.2, -0.15) is 0 Å². The van der Waals surface area contributed by atoms with Gasteiger partial charge in [0.2, 0.25) is 11.8 Å². The molecule has 3 rings (SSSR count). The van der Waals surface area contributed by atoms with Gasteiger partial charge in [0, 0.05) is 39.1 Å². The summed E-state index contributed by atoms with van der Waals surface area (Å²) in [6, 6.07) is 5.05. The molecule has 3 N–H and O–H groups in total. The molecular weight excluding hydrogens is 415 g/mol. The number of benzene rings is 1. The lowest BCUT2D eigenvalue weighted by atomic mass is 9.86. The summed E-state index contributed by atoms with van der Waals surface area (Å²) in [5, 5.41) is 16.5. The Bertz CT molecular complexity index is 854. The van der Waals surface area contributed by atoms with Crippen molar-refractivity contribution in [3.05, 3.63) is 35.6 Å². The molecule has 0 bridgehead atoms. The molecule has 1 heterocycles. The molecule has 2 aliphatic rings. The summed E-state index contributed by atoms with van der Waals surface area (Å²) < 4.78 is 13.9. The number of hydrogen-bond donors (Lipinski definition) is 3. The maximum absolute atomic E-state index is 13.9. The van der Waals surface area contributed by atoms with Crippen LogP contribution in [0.3, 0.4) is 0 Å². The van der Waals surface area contributed by atoms with Crippen LogP contribution < -0.4 is 10.6 Å². The molecule has 0 spiro atoms. The first kappa shape index (κ1) is 24.1. The Balaban J connectivity index is 1.59. The van der Waals surface area contributed by atoms with E-state index in [4.69, 9.17) is 0 Å². The van der Waals surface area contributed by atoms with E-state index in [-0.39, 0.29) is 17.5 Å². The van der Waals surface area contributed by atoms with E-state index in [1.165, 1.54) is 18.2 Å². The van der Waals surface area contributed by atoms with Crippen LogP contribution in [0, 0.1) is 5.82 Å². The predicted molar refractivity (Wildman–Crippen MR) is 117 cm³/mol. The Labute approximate surface area is 188 Å². The number of hydrogen-bond acceptors (Lipinski definition) is 5. The van der Waals surface area contributed by atoms with Gasteiger partial charge in [-0.15, -0.1) is 0 Å². The van der Waals surface area contributed by atoms with E-state index in [2.05, 4.69) is 15.5 Å². The van der Waals surface area contributed by atoms with Crippen molar-refractivity contribution in [1.82, 2.24) is 20.4 Å². The van der Waals surface area contributed by atoms with Crippen LogP contribution in [0.15, 0.2) is 24.3 Å². The minimum Gasteiger partial charge on any atom is -0.389 e. The van der Waals surface area contributed by atoms with Crippen LogP contribution in [-0.4, -0.2) is 82.5 Å². The van der Waals surface area contributed by atoms with Gasteiger partial charge in [-0.1, -0.05) is 12.1 Å². The largest absolute Gasteiger partial charge is 0.389 e. The molecule has 0 unspecified atom stereocenters. The van der Waals surface area contributed by atoms with Crippen molar-refractivity contribution in [2.75, 3.05) is 26.2 Å². The molecule has 0 radical (unpaired) electrons. The van der Waals surface area contributed by atoms with Crippen molar-refractivity contribution >= 4 is 17.7 Å². The fraction of sp³-hybridized carbons (Fsp3) is 0.609. The Hall–Kier alpha value is -2.52. The summed E-state index contributed by atoms with van der Waals surface area (Å²) in [5.74, 6) is -1.71. The fourth-order valence-corrected chi connectivity index (χ4v) is 4.48. The predicted octanol–water partition coefficient (Wildman–Crippen LogP) is 0.896. The quantitative estimate of drug-likeness (QED) is 0.621. The first-order valence-electron chi connectivity index (χ1n) is 11.2. The van der Waals surface area contributed by atoms with Crippen molar-refractivity contribution < 1.29 is 23.9 Å². The van der Waals surface area contributed by atoms with E-state index < -0.39 is 35.3 Å². The smallest absolute Gasteiger partial charge is 0.255 e. The van der Waals surface area contributed by atoms with Gasteiger partial charge in [-0.25, -0.2) is 4.39 Å². The number of rotatable bonds is 5. The van der Waals surface area contributed by atoms with Gasteiger partial charge in [-0.05, 0) is 45.2 Å². The molecule has 9 heteroatoms. The highest BCUT2D eigenvalue weighted by molar-refractivity contribution is 5.99. The van der Waals surface area contributed by atoms with Crippen LogP contribution in [0.5, 0.6) is 0 Å². The Morgan fingerprint density at radius 2 is 1.75 bits per heavy atom. The third-order valence-electron chi connectivity index (χ3n) is 6.48. The number of aliphatic hydroxyl groups is 1. The highest BCUT2D eigenvalue weighted by Crippen LogP contribution is 2.25. The average Bonchev–Trinajstić information content (AvgIpc) is 2.75. The number of aliphatic hydroxyl groups excluding tert-OH is 1. The Kier molecular flexibility index (Phi) is 7.51. The lowest BCUT2D eigenvalue weighted by Gasteiger charge is -2.45. The number of halogens is 1. The van der Waals surface area contributed by atoms with Crippen molar-refractivity contribution in [3.63, 3.8) is 0 Å². The minimum atomic E-state index is -1.29. The molecule has 1 aliphatic heterocycles. The first-order valence-corrected chi connectivity index (χ1v) is 11.2. The number of nitrogens with one attached hydrogen (secondary N) is 2. The van der Waals surface area contributed by atoms with Crippen LogP contribution in [0.25, 0.3) is 0 Å². The number of carbonyl (C=O) groups excluding carboxylic acids is 3. The standard InChI is InChI=1S/C23H33FN4O4/c1-15(29)27-11-13-28(14-12-27)19-10-6-9-18(20(19)30)25-22(32)23(2,3)26-21(31)16-7-4-5-8-17(16)24/h4-5,7-8,18-20,30H,6,9-14H2,1-3H3,(H,25,32)(H,26,31)/t18-,19-,20-/m1/s1. The third kappa shape index (κ3) is 5.45. The third-order valence-corrected chi connectivity index (χ3v) is 6.48. The highest BCUT2D eigenvalue weighted by Gasteiger charge is 2.40. The molecule has 1 aromatic rings. The number of nitrogens with zero attached hydrogens (tertiary/aromatic N) is 2. The van der Waals surface area contributed by atoms with Crippen LogP contribution in [0.2, 0.25) is 0 Å². The lowest BCUT2D eigenvalue weighted by Crippen LogP contribution is -2.63. The van der Waals surface area contributed by atoms with Crippen molar-refractivity contribution in [2.45, 2.75) is 63.8 Å². The van der Waals surface area contributed by atoms with Crippen LogP contribution >= 0.6 is 0 Å². The SMILES string of the molecule is CC(=O)N1CCN([C@@H]2CCC[C@@H](NC(=O)C(C)(C)NC(=O)c3ccccc3F)[C@H]2O)CC1. The Morgan fingerprint density at radius 1 is 1.09 bits per heavy atom. The number of carbonyl (C=O) groups is 3. The van der Waals surface area contributed by atoms with Gasteiger partial charge in [0.25, 0.3) is 5.91 Å². The molecule has 3 atom stereocenters. The zero-order valence-corrected chi connectivity index (χ0v) is 18.9. The van der Waals surface area contributed by atoms with Gasteiger partial charge in [-0.3, -0.25) is 19.3 Å². The van der Waals surface area contributed by atoms with Crippen LogP contribution in [0.1, 0.15) is 50.4 Å². The molecular formula is C23H33FN4O4. The van der Waals surface area contributed by atoms with Crippen molar-refractivity contribution in [3.8, 4) is 0 Å². The molecule has 32 heavy (non-hydrogen) atoms. The number of piperazine rings is 1. The normalized spacial score (nSPS) is 24.7. The molecule has 2 fully saturated rings. The van der Waals surface area contributed by atoms with E-state index in [1.807, 2.05) is 0 Å². The fourth-order valence-electron chi connectivity index (χ4n) is 4.48. The summed E-state index contributed by atoms with van der Waals surface area (Å²) in [6.45, 7) is 7.29. The van der Waals surface area contributed by atoms with Gasteiger partial charge in [0.15, 0.2) is 0 Å². The molecule has 1 saturated heterocycles. The van der Waals surface area contributed by atoms with E-state index in [0.29, 0.717) is 32.6 Å². The van der Waals surface area contributed by atoms with E-state index >= 15 is 0 Å². The molecule has 176 valence electrons. The molecule has 8 nitrogen and oxygen atoms in total. The monoisotopic (exact) mass is 448 g/mol. The van der Waals surface area contributed by atoms with E-state index in [1.54, 1.807) is 31.7 Å². The number of amides is 3. The first-order chi connectivity index (χ1) is 15.1. The van der Waals surface area contributed by atoms with Gasteiger partial charge < -0.3 is 20.6 Å². The summed E-state index contributed by atoms with van der Waals surface area (Å²) in [5.41, 5.74) is -1.42. The van der Waals surface area contributed by atoms with Crippen molar-refractivity contribution in [1.29, 1.82) is 0 Å². The van der Waals surface area contributed by atoms with E-state index in [9.17, 15) is 23.9 Å². The molecule has 3 amide bonds. The second-order valence-electron chi connectivity index (χ2n) is 9.17. The minimum absolute atomic E-state index is 0.0543. The second-order valence-corrected chi connectivity index (χ2v) is 9.17. The molecule has 0 aromatic heterocycles. The summed E-state index contributed by atoms with van der Waals surface area (Å²) >= 11 is 0. The molecule has 1 aromatic carbocycles. The highest BCUT2D eigenvalue weighted by atomic mass is 19.1. The maximum atomic E-state index is 13.9. The average molecular weight is 449 g/mol. The second kappa shape index (κ2) is 9.95. The molecule has 1 saturated carbocycles. The van der Waals surface area contributed by atoms with E-state index in [0.717, 1.165) is 12.8 Å². The van der Waals surface area contributed by atoms with Gasteiger partial charge in [0.05, 0.1) is 17.7 Å². The summed E-state index contributed by atoms with van der Waals surface area (Å²) in [6.07, 6.45) is 1.55. The molecule has 1 aliphatic carbocycles. The van der Waals surface area contributed by atoms with Crippen LogP contribution in [0.4, 0.5) is 4.39 Å². The summed E-state index contributed by atoms with van der Waals surface area (Å²) in [4.78, 5) is 40.9. The van der Waals surface area contributed by atoms with Crippen LogP contribution in [-0.2, 0) is 9.59 Å².